The van der Waals surface area contributed by atoms with Crippen molar-refractivity contribution in [3.05, 3.63) is 41.6 Å². The molecule has 1 atom stereocenters. The van der Waals surface area contributed by atoms with E-state index in [1.165, 1.54) is 17.0 Å². The van der Waals surface area contributed by atoms with E-state index in [4.69, 9.17) is 4.52 Å². The van der Waals surface area contributed by atoms with E-state index in [1.807, 2.05) is 0 Å². The highest BCUT2D eigenvalue weighted by Gasteiger charge is 2.28. The van der Waals surface area contributed by atoms with Gasteiger partial charge in [-0.1, -0.05) is 5.16 Å². The summed E-state index contributed by atoms with van der Waals surface area (Å²) in [5.41, 5.74) is 0.422. The van der Waals surface area contributed by atoms with Crippen LogP contribution in [0.1, 0.15) is 19.0 Å². The molecule has 2 heterocycles. The SMILES string of the molecule is CC1CCN(C(=O)NCc2cc(-c3ccc(F)cc3F)on2)CCS1(=O)=O. The van der Waals surface area contributed by atoms with Gasteiger partial charge in [0.1, 0.15) is 17.3 Å². The van der Waals surface area contributed by atoms with Gasteiger partial charge in [0.15, 0.2) is 15.6 Å². The second-order valence-corrected chi connectivity index (χ2v) is 8.96. The zero-order chi connectivity index (χ0) is 19.6. The van der Waals surface area contributed by atoms with Gasteiger partial charge in [-0.2, -0.15) is 0 Å². The quantitative estimate of drug-likeness (QED) is 0.855. The summed E-state index contributed by atoms with van der Waals surface area (Å²) in [6.45, 7) is 2.15. The van der Waals surface area contributed by atoms with Crippen LogP contribution in [0.15, 0.2) is 28.8 Å². The third-order valence-corrected chi connectivity index (χ3v) is 6.74. The standard InChI is InChI=1S/C17H19F2N3O4S/c1-11-4-5-22(6-7-27(11,24)25)17(23)20-10-13-9-16(26-21-13)14-3-2-12(18)8-15(14)19/h2-3,8-9,11H,4-7,10H2,1H3,(H,20,23). The molecule has 3 rings (SSSR count). The molecule has 1 aromatic heterocycles. The van der Waals surface area contributed by atoms with E-state index in [0.717, 1.165) is 12.1 Å². The van der Waals surface area contributed by atoms with Crippen molar-refractivity contribution < 1.29 is 26.5 Å². The van der Waals surface area contributed by atoms with Crippen molar-refractivity contribution in [3.8, 4) is 11.3 Å². The van der Waals surface area contributed by atoms with E-state index in [-0.39, 0.29) is 30.2 Å². The first-order valence-electron chi connectivity index (χ1n) is 8.41. The van der Waals surface area contributed by atoms with Crippen molar-refractivity contribution in [1.82, 2.24) is 15.4 Å². The van der Waals surface area contributed by atoms with Gasteiger partial charge in [-0.25, -0.2) is 22.0 Å². The Kier molecular flexibility index (Phi) is 5.45. The van der Waals surface area contributed by atoms with Gasteiger partial charge in [-0.15, -0.1) is 0 Å². The van der Waals surface area contributed by atoms with Gasteiger partial charge >= 0.3 is 6.03 Å². The lowest BCUT2D eigenvalue weighted by Crippen LogP contribution is -2.41. The molecule has 1 aliphatic heterocycles. The van der Waals surface area contributed by atoms with Crippen LogP contribution in [0.5, 0.6) is 0 Å². The van der Waals surface area contributed by atoms with Crippen LogP contribution in [0, 0.1) is 11.6 Å². The normalized spacial score (nSPS) is 19.5. The number of carbonyl (C=O) groups is 1. The Morgan fingerprint density at radius 1 is 1.33 bits per heavy atom. The summed E-state index contributed by atoms with van der Waals surface area (Å²) in [7, 11) is -3.18. The summed E-state index contributed by atoms with van der Waals surface area (Å²) >= 11 is 0. The van der Waals surface area contributed by atoms with Crippen LogP contribution < -0.4 is 5.32 Å². The van der Waals surface area contributed by atoms with E-state index in [1.54, 1.807) is 6.92 Å². The first-order valence-corrected chi connectivity index (χ1v) is 10.1. The number of carbonyl (C=O) groups excluding carboxylic acids is 1. The molecular formula is C17H19F2N3O4S. The maximum atomic E-state index is 13.8. The summed E-state index contributed by atoms with van der Waals surface area (Å²) in [6.07, 6.45) is 0.383. The zero-order valence-electron chi connectivity index (χ0n) is 14.6. The Bertz CT molecular complexity index is 945. The molecule has 0 bridgehead atoms. The van der Waals surface area contributed by atoms with Gasteiger partial charge in [-0.3, -0.25) is 0 Å². The highest BCUT2D eigenvalue weighted by Crippen LogP contribution is 2.24. The third-order valence-electron chi connectivity index (χ3n) is 4.53. The van der Waals surface area contributed by atoms with Crippen LogP contribution in [0.25, 0.3) is 11.3 Å². The maximum absolute atomic E-state index is 13.8. The molecule has 27 heavy (non-hydrogen) atoms. The fourth-order valence-electron chi connectivity index (χ4n) is 2.76. The molecule has 7 nitrogen and oxygen atoms in total. The Labute approximate surface area is 155 Å². The van der Waals surface area contributed by atoms with Crippen LogP contribution >= 0.6 is 0 Å². The van der Waals surface area contributed by atoms with E-state index >= 15 is 0 Å². The summed E-state index contributed by atoms with van der Waals surface area (Å²) in [6, 6.07) is 4.14. The average molecular weight is 399 g/mol. The Hall–Kier alpha value is -2.49. The number of urea groups is 1. The second-order valence-electron chi connectivity index (χ2n) is 6.42. The lowest BCUT2D eigenvalue weighted by molar-refractivity contribution is 0.200. The van der Waals surface area contributed by atoms with E-state index < -0.39 is 32.8 Å². The number of hydrogen-bond donors (Lipinski definition) is 1. The molecule has 10 heteroatoms. The summed E-state index contributed by atoms with van der Waals surface area (Å²) in [4.78, 5) is 13.7. The molecule has 0 saturated carbocycles. The number of sulfone groups is 1. The fourth-order valence-corrected chi connectivity index (χ4v) is 4.10. The van der Waals surface area contributed by atoms with Crippen LogP contribution in [-0.2, 0) is 16.4 Å². The summed E-state index contributed by atoms with van der Waals surface area (Å²) < 4.78 is 55.6. The number of aromatic nitrogens is 1. The van der Waals surface area contributed by atoms with Crippen molar-refractivity contribution in [2.75, 3.05) is 18.8 Å². The van der Waals surface area contributed by atoms with Gasteiger partial charge in [0, 0.05) is 25.2 Å². The monoisotopic (exact) mass is 399 g/mol. The highest BCUT2D eigenvalue weighted by atomic mass is 32.2. The Morgan fingerprint density at radius 3 is 2.85 bits per heavy atom. The van der Waals surface area contributed by atoms with Crippen molar-refractivity contribution >= 4 is 15.9 Å². The third kappa shape index (κ3) is 4.44. The van der Waals surface area contributed by atoms with E-state index in [2.05, 4.69) is 10.5 Å². The number of nitrogens with one attached hydrogen (secondary N) is 1. The number of hydrogen-bond acceptors (Lipinski definition) is 5. The number of amides is 2. The molecular weight excluding hydrogens is 380 g/mol. The van der Waals surface area contributed by atoms with E-state index in [9.17, 15) is 22.0 Å². The molecule has 1 aliphatic rings. The Morgan fingerprint density at radius 2 is 2.11 bits per heavy atom. The molecule has 2 amide bonds. The molecule has 1 N–H and O–H groups in total. The first-order chi connectivity index (χ1) is 12.8. The van der Waals surface area contributed by atoms with Crippen LogP contribution in [0.4, 0.5) is 13.6 Å². The van der Waals surface area contributed by atoms with Crippen molar-refractivity contribution in [3.63, 3.8) is 0 Å². The fraction of sp³-hybridized carbons (Fsp3) is 0.412. The van der Waals surface area contributed by atoms with Crippen molar-refractivity contribution in [1.29, 1.82) is 0 Å². The van der Waals surface area contributed by atoms with Crippen molar-refractivity contribution in [2.24, 2.45) is 0 Å². The lowest BCUT2D eigenvalue weighted by atomic mass is 10.1. The minimum atomic E-state index is -3.18. The Balaban J connectivity index is 1.61. The van der Waals surface area contributed by atoms with Gasteiger partial charge < -0.3 is 14.7 Å². The van der Waals surface area contributed by atoms with Gasteiger partial charge in [-0.05, 0) is 25.5 Å². The molecule has 1 aromatic carbocycles. The molecule has 1 unspecified atom stereocenters. The smallest absolute Gasteiger partial charge is 0.317 e. The zero-order valence-corrected chi connectivity index (χ0v) is 15.4. The number of halogens is 2. The second kappa shape index (κ2) is 7.63. The topological polar surface area (TPSA) is 92.5 Å². The molecule has 0 radical (unpaired) electrons. The summed E-state index contributed by atoms with van der Waals surface area (Å²) in [5, 5.41) is 5.93. The predicted octanol–water partition coefficient (Wildman–Crippen LogP) is 2.34. The highest BCUT2D eigenvalue weighted by molar-refractivity contribution is 7.92. The minimum absolute atomic E-state index is 0.0317. The first kappa shape index (κ1) is 19.3. The molecule has 1 fully saturated rings. The lowest BCUT2D eigenvalue weighted by Gasteiger charge is -2.19. The average Bonchev–Trinajstić information content (AvgIpc) is 3.02. The van der Waals surface area contributed by atoms with Crippen LogP contribution in [0.3, 0.4) is 0 Å². The molecule has 0 aliphatic carbocycles. The molecule has 0 spiro atoms. The van der Waals surface area contributed by atoms with Gasteiger partial charge in [0.05, 0.1) is 23.1 Å². The number of benzene rings is 1. The molecule has 2 aromatic rings. The predicted molar refractivity (Wildman–Crippen MR) is 93.5 cm³/mol. The number of rotatable bonds is 3. The van der Waals surface area contributed by atoms with Crippen molar-refractivity contribution in [2.45, 2.75) is 25.1 Å². The summed E-state index contributed by atoms with van der Waals surface area (Å²) in [5.74, 6) is -1.43. The van der Waals surface area contributed by atoms with E-state index in [0.29, 0.717) is 18.7 Å². The minimum Gasteiger partial charge on any atom is -0.356 e. The number of nitrogens with zero attached hydrogens (tertiary/aromatic N) is 2. The largest absolute Gasteiger partial charge is 0.356 e. The maximum Gasteiger partial charge on any atom is 0.317 e. The molecule has 1 saturated heterocycles. The van der Waals surface area contributed by atoms with Crippen LogP contribution in [-0.4, -0.2) is 48.6 Å². The van der Waals surface area contributed by atoms with Crippen LogP contribution in [0.2, 0.25) is 0 Å². The molecule has 146 valence electrons. The van der Waals surface area contributed by atoms with Gasteiger partial charge in [0.25, 0.3) is 0 Å². The van der Waals surface area contributed by atoms with Gasteiger partial charge in [0.2, 0.25) is 0 Å².